The number of nitrogens with zero attached hydrogens (tertiary/aromatic N) is 1. The average Bonchev–Trinajstić information content (AvgIpc) is 2.66. The number of ether oxygens (including phenoxy) is 2. The first-order chi connectivity index (χ1) is 13.2. The van der Waals surface area contributed by atoms with Crippen molar-refractivity contribution in [2.45, 2.75) is 39.3 Å². The topological polar surface area (TPSA) is 121 Å². The minimum atomic E-state index is -1.13. The Balaban J connectivity index is 2.88. The third-order valence-electron chi connectivity index (χ3n) is 4.06. The zero-order valence-electron chi connectivity index (χ0n) is 16.8. The van der Waals surface area contributed by atoms with Gasteiger partial charge in [-0.15, -0.1) is 0 Å². The van der Waals surface area contributed by atoms with Gasteiger partial charge in [0.25, 0.3) is 5.91 Å². The molecule has 0 spiro atoms. The Morgan fingerprint density at radius 3 is 2.36 bits per heavy atom. The fourth-order valence-corrected chi connectivity index (χ4v) is 2.50. The molecule has 1 rings (SSSR count). The summed E-state index contributed by atoms with van der Waals surface area (Å²) in [4.78, 5) is 23.6. The second-order valence-corrected chi connectivity index (χ2v) is 6.67. The first-order valence-corrected chi connectivity index (χ1v) is 8.85. The molecule has 0 aliphatic rings. The standard InChI is InChI=1S/C20H27N3O5/c1-12(2)8-16(20(25)26)23-19(24)15(10-21)11-22-13(3)14-6-7-17(27-4)18(9-14)28-5/h6-7,9,11-13,16,22H,8H2,1-5H3,(H,23,24)(H,25,26)/b15-11-. The molecule has 8 nitrogen and oxygen atoms in total. The summed E-state index contributed by atoms with van der Waals surface area (Å²) in [6.07, 6.45) is 1.56. The summed E-state index contributed by atoms with van der Waals surface area (Å²) in [5, 5.41) is 23.9. The molecule has 0 fully saturated rings. The minimum absolute atomic E-state index is 0.0825. The van der Waals surface area contributed by atoms with Crippen molar-refractivity contribution >= 4 is 11.9 Å². The molecule has 0 aromatic heterocycles. The molecule has 1 amide bonds. The van der Waals surface area contributed by atoms with Crippen LogP contribution in [0.1, 0.15) is 38.8 Å². The highest BCUT2D eigenvalue weighted by Gasteiger charge is 2.23. The summed E-state index contributed by atoms with van der Waals surface area (Å²) < 4.78 is 10.5. The lowest BCUT2D eigenvalue weighted by Crippen LogP contribution is -2.42. The Labute approximate surface area is 165 Å². The summed E-state index contributed by atoms with van der Waals surface area (Å²) in [7, 11) is 3.08. The van der Waals surface area contributed by atoms with Gasteiger partial charge in [-0.05, 0) is 37.0 Å². The molecule has 3 N–H and O–H groups in total. The Bertz CT molecular complexity index is 768. The van der Waals surface area contributed by atoms with Gasteiger partial charge in [0.15, 0.2) is 11.5 Å². The molecule has 0 heterocycles. The molecule has 0 saturated carbocycles. The van der Waals surface area contributed by atoms with Gasteiger partial charge < -0.3 is 25.2 Å². The van der Waals surface area contributed by atoms with Crippen molar-refractivity contribution in [3.63, 3.8) is 0 Å². The number of nitriles is 1. The molecule has 0 aliphatic carbocycles. The van der Waals surface area contributed by atoms with Crippen molar-refractivity contribution in [3.05, 3.63) is 35.5 Å². The van der Waals surface area contributed by atoms with E-state index in [1.54, 1.807) is 25.3 Å². The van der Waals surface area contributed by atoms with E-state index in [9.17, 15) is 20.0 Å². The van der Waals surface area contributed by atoms with Crippen LogP contribution in [0.5, 0.6) is 11.5 Å². The number of hydrogen-bond acceptors (Lipinski definition) is 6. The van der Waals surface area contributed by atoms with Gasteiger partial charge in [-0.3, -0.25) is 4.79 Å². The van der Waals surface area contributed by atoms with Crippen molar-refractivity contribution in [2.75, 3.05) is 14.2 Å². The van der Waals surface area contributed by atoms with E-state index in [2.05, 4.69) is 10.6 Å². The normalized spacial score (nSPS) is 13.2. The van der Waals surface area contributed by atoms with E-state index >= 15 is 0 Å². The molecule has 0 aliphatic heterocycles. The number of hydrogen-bond donors (Lipinski definition) is 3. The number of carbonyl (C=O) groups excluding carboxylic acids is 1. The lowest BCUT2D eigenvalue weighted by molar-refractivity contribution is -0.141. The molecule has 28 heavy (non-hydrogen) atoms. The van der Waals surface area contributed by atoms with Crippen molar-refractivity contribution < 1.29 is 24.2 Å². The second kappa shape index (κ2) is 10.8. The maximum absolute atomic E-state index is 12.3. The van der Waals surface area contributed by atoms with Crippen LogP contribution < -0.4 is 20.1 Å². The van der Waals surface area contributed by atoms with Crippen molar-refractivity contribution in [1.29, 1.82) is 5.26 Å². The van der Waals surface area contributed by atoms with Crippen LogP contribution in [0.4, 0.5) is 0 Å². The quantitative estimate of drug-likeness (QED) is 0.415. The summed E-state index contributed by atoms with van der Waals surface area (Å²) >= 11 is 0. The molecular formula is C20H27N3O5. The number of carbonyl (C=O) groups is 2. The zero-order chi connectivity index (χ0) is 21.3. The van der Waals surface area contributed by atoms with Crippen LogP contribution in [0.3, 0.4) is 0 Å². The number of aliphatic carboxylic acids is 1. The smallest absolute Gasteiger partial charge is 0.326 e. The van der Waals surface area contributed by atoms with Crippen LogP contribution >= 0.6 is 0 Å². The molecule has 8 heteroatoms. The van der Waals surface area contributed by atoms with Crippen LogP contribution in [0, 0.1) is 17.2 Å². The van der Waals surface area contributed by atoms with E-state index in [4.69, 9.17) is 9.47 Å². The first kappa shape index (κ1) is 22.8. The van der Waals surface area contributed by atoms with E-state index in [0.29, 0.717) is 11.5 Å². The molecule has 0 radical (unpaired) electrons. The fourth-order valence-electron chi connectivity index (χ4n) is 2.50. The Kier molecular flexibility index (Phi) is 8.82. The highest BCUT2D eigenvalue weighted by atomic mass is 16.5. The molecule has 1 aromatic carbocycles. The number of nitrogens with one attached hydrogen (secondary N) is 2. The van der Waals surface area contributed by atoms with Gasteiger partial charge in [-0.1, -0.05) is 19.9 Å². The zero-order valence-corrected chi connectivity index (χ0v) is 16.8. The summed E-state index contributed by atoms with van der Waals surface area (Å²) in [5.41, 5.74) is 0.650. The van der Waals surface area contributed by atoms with Crippen LogP contribution in [-0.2, 0) is 9.59 Å². The summed E-state index contributed by atoms with van der Waals surface area (Å²) in [6.45, 7) is 5.56. The van der Waals surface area contributed by atoms with Crippen LogP contribution in [0.2, 0.25) is 0 Å². The minimum Gasteiger partial charge on any atom is -0.493 e. The van der Waals surface area contributed by atoms with Gasteiger partial charge in [0.1, 0.15) is 17.7 Å². The predicted octanol–water partition coefficient (Wildman–Crippen LogP) is 2.38. The third kappa shape index (κ3) is 6.50. The number of rotatable bonds is 10. The summed E-state index contributed by atoms with van der Waals surface area (Å²) in [5.74, 6) is -0.627. The van der Waals surface area contributed by atoms with Crippen LogP contribution in [-0.4, -0.2) is 37.2 Å². The molecule has 0 saturated heterocycles. The van der Waals surface area contributed by atoms with Gasteiger partial charge in [0, 0.05) is 12.2 Å². The van der Waals surface area contributed by atoms with Gasteiger partial charge in [0.05, 0.1) is 14.2 Å². The van der Waals surface area contributed by atoms with Gasteiger partial charge in [-0.2, -0.15) is 5.26 Å². The lowest BCUT2D eigenvalue weighted by atomic mass is 10.0. The van der Waals surface area contributed by atoms with E-state index in [1.165, 1.54) is 13.3 Å². The van der Waals surface area contributed by atoms with Gasteiger partial charge in [0.2, 0.25) is 0 Å². The Morgan fingerprint density at radius 1 is 1.21 bits per heavy atom. The molecular weight excluding hydrogens is 362 g/mol. The van der Waals surface area contributed by atoms with E-state index < -0.39 is 17.9 Å². The maximum atomic E-state index is 12.3. The van der Waals surface area contributed by atoms with E-state index in [0.717, 1.165) is 5.56 Å². The monoisotopic (exact) mass is 389 g/mol. The predicted molar refractivity (Wildman–Crippen MR) is 104 cm³/mol. The maximum Gasteiger partial charge on any atom is 0.326 e. The van der Waals surface area contributed by atoms with Crippen molar-refractivity contribution in [1.82, 2.24) is 10.6 Å². The molecule has 0 bridgehead atoms. The van der Waals surface area contributed by atoms with Gasteiger partial charge >= 0.3 is 5.97 Å². The Hall–Kier alpha value is -3.21. The number of carboxylic acid groups (broad SMARTS) is 1. The summed E-state index contributed by atoms with van der Waals surface area (Å²) in [6, 6.07) is 5.90. The van der Waals surface area contributed by atoms with Gasteiger partial charge in [-0.25, -0.2) is 4.79 Å². The van der Waals surface area contributed by atoms with Crippen LogP contribution in [0.25, 0.3) is 0 Å². The number of methoxy groups -OCH3 is 2. The molecule has 2 atom stereocenters. The van der Waals surface area contributed by atoms with E-state index in [1.807, 2.05) is 26.8 Å². The number of benzene rings is 1. The SMILES string of the molecule is COc1ccc(C(C)N/C=C(/C#N)C(=O)NC(CC(C)C)C(=O)O)cc1OC. The average molecular weight is 389 g/mol. The Morgan fingerprint density at radius 2 is 1.86 bits per heavy atom. The number of carboxylic acids is 1. The molecule has 152 valence electrons. The van der Waals surface area contributed by atoms with Crippen LogP contribution in [0.15, 0.2) is 30.0 Å². The number of amides is 1. The second-order valence-electron chi connectivity index (χ2n) is 6.67. The van der Waals surface area contributed by atoms with Crippen molar-refractivity contribution in [3.8, 4) is 17.6 Å². The van der Waals surface area contributed by atoms with Crippen molar-refractivity contribution in [2.24, 2.45) is 5.92 Å². The largest absolute Gasteiger partial charge is 0.493 e. The molecule has 1 aromatic rings. The molecule has 2 unspecified atom stereocenters. The fraction of sp³-hybridized carbons (Fsp3) is 0.450. The first-order valence-electron chi connectivity index (χ1n) is 8.85. The van der Waals surface area contributed by atoms with E-state index in [-0.39, 0.29) is 24.0 Å². The highest BCUT2D eigenvalue weighted by Crippen LogP contribution is 2.29. The third-order valence-corrected chi connectivity index (χ3v) is 4.06. The lowest BCUT2D eigenvalue weighted by Gasteiger charge is -2.17. The highest BCUT2D eigenvalue weighted by molar-refractivity contribution is 5.99.